The Morgan fingerprint density at radius 2 is 2.24 bits per heavy atom. The third-order valence-corrected chi connectivity index (χ3v) is 2.56. The molecule has 0 aromatic carbocycles. The van der Waals surface area contributed by atoms with Crippen molar-refractivity contribution in [2.45, 2.75) is 20.3 Å². The van der Waals surface area contributed by atoms with E-state index < -0.39 is 5.97 Å². The zero-order valence-corrected chi connectivity index (χ0v) is 9.71. The second-order valence-electron chi connectivity index (χ2n) is 3.74. The highest BCUT2D eigenvalue weighted by molar-refractivity contribution is 5.87. The highest BCUT2D eigenvalue weighted by Gasteiger charge is 2.10. The van der Waals surface area contributed by atoms with E-state index in [1.165, 1.54) is 6.20 Å². The van der Waals surface area contributed by atoms with Crippen molar-refractivity contribution in [3.63, 3.8) is 0 Å². The Bertz CT molecular complexity index is 561. The average molecular weight is 231 g/mol. The van der Waals surface area contributed by atoms with Crippen molar-refractivity contribution in [2.75, 3.05) is 0 Å². The zero-order chi connectivity index (χ0) is 12.4. The van der Waals surface area contributed by atoms with Crippen molar-refractivity contribution in [3.05, 3.63) is 41.6 Å². The van der Waals surface area contributed by atoms with Gasteiger partial charge in [0.15, 0.2) is 0 Å². The number of carboxylic acid groups (broad SMARTS) is 1. The fourth-order valence-corrected chi connectivity index (χ4v) is 1.73. The molecule has 0 aliphatic carbocycles. The van der Waals surface area contributed by atoms with Gasteiger partial charge in [-0.1, -0.05) is 6.92 Å². The number of aromatic nitrogens is 3. The molecule has 5 nitrogen and oxygen atoms in total. The third kappa shape index (κ3) is 2.04. The smallest absolute Gasteiger partial charge is 0.337 e. The Morgan fingerprint density at radius 1 is 1.47 bits per heavy atom. The van der Waals surface area contributed by atoms with E-state index in [1.807, 2.05) is 24.6 Å². The molecule has 0 atom stereocenters. The van der Waals surface area contributed by atoms with E-state index >= 15 is 0 Å². The quantitative estimate of drug-likeness (QED) is 0.875. The molecule has 0 unspecified atom stereocenters. The molecule has 0 fully saturated rings. The van der Waals surface area contributed by atoms with Gasteiger partial charge in [-0.15, -0.1) is 0 Å². The van der Waals surface area contributed by atoms with Crippen molar-refractivity contribution in [3.8, 4) is 5.82 Å². The van der Waals surface area contributed by atoms with Gasteiger partial charge >= 0.3 is 5.97 Å². The number of hydrogen-bond donors (Lipinski definition) is 1. The lowest BCUT2D eigenvalue weighted by Crippen LogP contribution is -2.06. The summed E-state index contributed by atoms with van der Waals surface area (Å²) in [5.41, 5.74) is 1.02. The van der Waals surface area contributed by atoms with E-state index in [0.29, 0.717) is 0 Å². The van der Waals surface area contributed by atoms with E-state index in [1.54, 1.807) is 12.3 Å². The summed E-state index contributed by atoms with van der Waals surface area (Å²) >= 11 is 0. The number of aryl methyl sites for hydroxylation is 2. The maximum atomic E-state index is 10.8. The highest BCUT2D eigenvalue weighted by atomic mass is 16.4. The third-order valence-electron chi connectivity index (χ3n) is 2.56. The average Bonchev–Trinajstić information content (AvgIpc) is 2.76. The SMILES string of the molecule is CCc1nccn1-c1ncc(C(=O)O)cc1C. The number of hydrogen-bond acceptors (Lipinski definition) is 3. The van der Waals surface area contributed by atoms with E-state index in [9.17, 15) is 4.79 Å². The zero-order valence-electron chi connectivity index (χ0n) is 9.71. The number of nitrogens with zero attached hydrogens (tertiary/aromatic N) is 3. The summed E-state index contributed by atoms with van der Waals surface area (Å²) in [7, 11) is 0. The van der Waals surface area contributed by atoms with Crippen molar-refractivity contribution < 1.29 is 9.90 Å². The van der Waals surface area contributed by atoms with Gasteiger partial charge < -0.3 is 5.11 Å². The molecule has 2 heterocycles. The molecule has 0 saturated carbocycles. The summed E-state index contributed by atoms with van der Waals surface area (Å²) in [5, 5.41) is 8.87. The lowest BCUT2D eigenvalue weighted by Gasteiger charge is -2.09. The Labute approximate surface area is 98.8 Å². The molecule has 2 rings (SSSR count). The minimum atomic E-state index is -0.964. The molecule has 0 aliphatic heterocycles. The van der Waals surface area contributed by atoms with Crippen LogP contribution in [-0.2, 0) is 6.42 Å². The lowest BCUT2D eigenvalue weighted by atomic mass is 10.2. The Kier molecular flexibility index (Phi) is 2.91. The first-order chi connectivity index (χ1) is 8.13. The van der Waals surface area contributed by atoms with Gasteiger partial charge in [0.1, 0.15) is 11.6 Å². The number of carboxylic acids is 1. The second kappa shape index (κ2) is 4.37. The normalized spacial score (nSPS) is 10.5. The van der Waals surface area contributed by atoms with Crippen LogP contribution in [0.5, 0.6) is 0 Å². The molecule has 0 spiro atoms. The summed E-state index contributed by atoms with van der Waals surface area (Å²) in [6.45, 7) is 3.86. The van der Waals surface area contributed by atoms with Crippen LogP contribution in [0.15, 0.2) is 24.7 Å². The molecule has 17 heavy (non-hydrogen) atoms. The molecule has 0 aliphatic rings. The fraction of sp³-hybridized carbons (Fsp3) is 0.250. The minimum absolute atomic E-state index is 0.199. The first-order valence-corrected chi connectivity index (χ1v) is 5.36. The van der Waals surface area contributed by atoms with Crippen molar-refractivity contribution >= 4 is 5.97 Å². The number of rotatable bonds is 3. The van der Waals surface area contributed by atoms with Crippen LogP contribution in [0, 0.1) is 6.92 Å². The number of aromatic carboxylic acids is 1. The molecule has 2 aromatic heterocycles. The Hall–Kier alpha value is -2.17. The molecule has 88 valence electrons. The maximum absolute atomic E-state index is 10.8. The van der Waals surface area contributed by atoms with Gasteiger partial charge in [-0.3, -0.25) is 4.57 Å². The molecule has 1 N–H and O–H groups in total. The molecule has 0 radical (unpaired) electrons. The van der Waals surface area contributed by atoms with Crippen LogP contribution in [0.1, 0.15) is 28.7 Å². The number of imidazole rings is 1. The van der Waals surface area contributed by atoms with Crippen LogP contribution in [0.2, 0.25) is 0 Å². The van der Waals surface area contributed by atoms with Crippen LogP contribution in [-0.4, -0.2) is 25.6 Å². The number of carbonyl (C=O) groups is 1. The molecular weight excluding hydrogens is 218 g/mol. The van der Waals surface area contributed by atoms with Gasteiger partial charge in [-0.05, 0) is 18.6 Å². The lowest BCUT2D eigenvalue weighted by molar-refractivity contribution is 0.0696. The summed E-state index contributed by atoms with van der Waals surface area (Å²) in [4.78, 5) is 19.2. The van der Waals surface area contributed by atoms with Crippen LogP contribution >= 0.6 is 0 Å². The summed E-state index contributed by atoms with van der Waals surface area (Å²) < 4.78 is 1.88. The van der Waals surface area contributed by atoms with Gasteiger partial charge in [0.25, 0.3) is 0 Å². The van der Waals surface area contributed by atoms with Crippen molar-refractivity contribution in [1.82, 2.24) is 14.5 Å². The van der Waals surface area contributed by atoms with Crippen LogP contribution in [0.3, 0.4) is 0 Å². The van der Waals surface area contributed by atoms with E-state index in [2.05, 4.69) is 9.97 Å². The standard InChI is InChI=1S/C12H13N3O2/c1-3-10-13-4-5-15(10)11-8(2)6-9(7-14-11)12(16)17/h4-7H,3H2,1-2H3,(H,16,17). The minimum Gasteiger partial charge on any atom is -0.478 e. The summed E-state index contributed by atoms with van der Waals surface area (Å²) in [5.74, 6) is 0.668. The first-order valence-electron chi connectivity index (χ1n) is 5.36. The van der Waals surface area contributed by atoms with Crippen LogP contribution < -0.4 is 0 Å². The van der Waals surface area contributed by atoms with Gasteiger partial charge in [-0.2, -0.15) is 0 Å². The first kappa shape index (κ1) is 11.3. The van der Waals surface area contributed by atoms with Crippen molar-refractivity contribution in [1.29, 1.82) is 0 Å². The molecule has 0 saturated heterocycles. The molecule has 0 bridgehead atoms. The number of pyridine rings is 1. The van der Waals surface area contributed by atoms with E-state index in [-0.39, 0.29) is 5.56 Å². The van der Waals surface area contributed by atoms with Crippen molar-refractivity contribution in [2.24, 2.45) is 0 Å². The molecule has 2 aromatic rings. The predicted molar refractivity (Wildman–Crippen MR) is 62.4 cm³/mol. The van der Waals surface area contributed by atoms with Gasteiger partial charge in [0, 0.05) is 25.0 Å². The molecule has 0 amide bonds. The Morgan fingerprint density at radius 3 is 2.82 bits per heavy atom. The topological polar surface area (TPSA) is 68.0 Å². The Balaban J connectivity index is 2.50. The molecule has 5 heteroatoms. The fourth-order valence-electron chi connectivity index (χ4n) is 1.73. The summed E-state index contributed by atoms with van der Waals surface area (Å²) in [6.07, 6.45) is 5.71. The van der Waals surface area contributed by atoms with Gasteiger partial charge in [0.05, 0.1) is 5.56 Å². The van der Waals surface area contributed by atoms with Crippen LogP contribution in [0.25, 0.3) is 5.82 Å². The highest BCUT2D eigenvalue weighted by Crippen LogP contribution is 2.14. The monoisotopic (exact) mass is 231 g/mol. The maximum Gasteiger partial charge on any atom is 0.337 e. The second-order valence-corrected chi connectivity index (χ2v) is 3.74. The van der Waals surface area contributed by atoms with E-state index in [4.69, 9.17) is 5.11 Å². The van der Waals surface area contributed by atoms with Gasteiger partial charge in [-0.25, -0.2) is 14.8 Å². The van der Waals surface area contributed by atoms with E-state index in [0.717, 1.165) is 23.6 Å². The van der Waals surface area contributed by atoms with Gasteiger partial charge in [0.2, 0.25) is 0 Å². The molecular formula is C12H13N3O2. The largest absolute Gasteiger partial charge is 0.478 e. The summed E-state index contributed by atoms with van der Waals surface area (Å²) in [6, 6.07) is 1.62. The predicted octanol–water partition coefficient (Wildman–Crippen LogP) is 1.84. The van der Waals surface area contributed by atoms with Crippen LogP contribution in [0.4, 0.5) is 0 Å².